The maximum atomic E-state index is 13.1. The molecule has 1 saturated heterocycles. The molecular weight excluding hydrogens is 462 g/mol. The van der Waals surface area contributed by atoms with Crippen molar-refractivity contribution in [1.82, 2.24) is 4.68 Å². The fraction of sp³-hybridized carbons (Fsp3) is 0.130. The normalized spacial score (nSPS) is 15.1. The van der Waals surface area contributed by atoms with E-state index in [0.717, 1.165) is 21.8 Å². The Bertz CT molecular complexity index is 1260. The molecule has 1 fully saturated rings. The van der Waals surface area contributed by atoms with E-state index in [-0.39, 0.29) is 11.6 Å². The molecule has 6 nitrogen and oxygen atoms in total. The van der Waals surface area contributed by atoms with Crippen LogP contribution in [0, 0.1) is 30.9 Å². The summed E-state index contributed by atoms with van der Waals surface area (Å²) in [7, 11) is 0. The van der Waals surface area contributed by atoms with Gasteiger partial charge < -0.3 is 0 Å². The minimum atomic E-state index is -0.397. The first-order valence-corrected chi connectivity index (χ1v) is 11.7. The van der Waals surface area contributed by atoms with Gasteiger partial charge in [0.2, 0.25) is 0 Å². The van der Waals surface area contributed by atoms with Gasteiger partial charge in [0.05, 0.1) is 14.7 Å². The number of carbonyl (C=O) groups excluding carboxylic acids is 1. The highest BCUT2D eigenvalue weighted by molar-refractivity contribution is 8.27. The van der Waals surface area contributed by atoms with Gasteiger partial charge in [0, 0.05) is 22.3 Å². The number of benzene rings is 2. The Morgan fingerprint density at radius 3 is 2.31 bits per heavy atom. The van der Waals surface area contributed by atoms with Crippen molar-refractivity contribution in [3.8, 4) is 0 Å². The summed E-state index contributed by atoms with van der Waals surface area (Å²) in [6.07, 6.45) is 1.65. The molecule has 0 bridgehead atoms. The topological polar surface area (TPSA) is 68.4 Å². The largest absolute Gasteiger partial charge is 0.285 e. The standard InChI is InChI=1S/C23H19N3O3S3/c1-14-4-9-18(10-5-14)31-20-11-8-17(12-19(20)26(28)29)13-21-22(27)25(23(30)32-21)24-15(2)6-7-16(24)3/h4-13H,1-3H3. The van der Waals surface area contributed by atoms with Crippen LogP contribution in [0.15, 0.2) is 69.3 Å². The fourth-order valence-electron chi connectivity index (χ4n) is 3.35. The average molecular weight is 482 g/mol. The number of thiocarbonyl (C=S) groups is 1. The number of hydrogen-bond donors (Lipinski definition) is 0. The Balaban J connectivity index is 1.65. The van der Waals surface area contributed by atoms with E-state index >= 15 is 0 Å². The van der Waals surface area contributed by atoms with Crippen molar-refractivity contribution >= 4 is 57.7 Å². The van der Waals surface area contributed by atoms with Crippen molar-refractivity contribution < 1.29 is 9.72 Å². The first-order valence-electron chi connectivity index (χ1n) is 9.71. The third kappa shape index (κ3) is 4.36. The van der Waals surface area contributed by atoms with Crippen molar-refractivity contribution in [1.29, 1.82) is 0 Å². The van der Waals surface area contributed by atoms with Crippen molar-refractivity contribution in [2.75, 3.05) is 5.01 Å². The molecule has 0 unspecified atom stereocenters. The summed E-state index contributed by atoms with van der Waals surface area (Å²) >= 11 is 7.97. The number of amides is 1. The van der Waals surface area contributed by atoms with E-state index in [1.807, 2.05) is 57.2 Å². The van der Waals surface area contributed by atoms with E-state index in [9.17, 15) is 14.9 Å². The fourth-order valence-corrected chi connectivity index (χ4v) is 5.49. The van der Waals surface area contributed by atoms with Crippen molar-refractivity contribution in [2.24, 2.45) is 0 Å². The molecule has 1 amide bonds. The summed E-state index contributed by atoms with van der Waals surface area (Å²) in [5, 5.41) is 13.2. The molecule has 0 N–H and O–H groups in total. The SMILES string of the molecule is Cc1ccc(Sc2ccc(C=C3SC(=S)N(n4c(C)ccc4C)C3=O)cc2[N+](=O)[O-])cc1. The van der Waals surface area contributed by atoms with Gasteiger partial charge in [-0.3, -0.25) is 19.6 Å². The van der Waals surface area contributed by atoms with Crippen LogP contribution in [0.5, 0.6) is 0 Å². The van der Waals surface area contributed by atoms with E-state index < -0.39 is 4.92 Å². The summed E-state index contributed by atoms with van der Waals surface area (Å²) in [5.41, 5.74) is 3.49. The lowest BCUT2D eigenvalue weighted by atomic mass is 10.2. The van der Waals surface area contributed by atoms with Gasteiger partial charge in [-0.2, -0.15) is 5.01 Å². The maximum Gasteiger partial charge on any atom is 0.285 e. The number of rotatable bonds is 5. The van der Waals surface area contributed by atoms with Crippen LogP contribution in [0.25, 0.3) is 6.08 Å². The monoisotopic (exact) mass is 481 g/mol. The molecule has 0 spiro atoms. The average Bonchev–Trinajstić information content (AvgIpc) is 3.21. The Kier molecular flexibility index (Phi) is 6.23. The second-order valence-corrected chi connectivity index (χ2v) is 10.1. The molecule has 3 aromatic rings. The Hall–Kier alpha value is -2.88. The molecule has 1 aliphatic heterocycles. The predicted octanol–water partition coefficient (Wildman–Crippen LogP) is 6.01. The maximum absolute atomic E-state index is 13.1. The molecule has 9 heteroatoms. The van der Waals surface area contributed by atoms with Crippen LogP contribution in [0.1, 0.15) is 22.5 Å². The molecule has 162 valence electrons. The van der Waals surface area contributed by atoms with Gasteiger partial charge in [0.15, 0.2) is 4.32 Å². The van der Waals surface area contributed by atoms with E-state index in [2.05, 4.69) is 0 Å². The number of nitro groups is 1. The first-order chi connectivity index (χ1) is 15.2. The lowest BCUT2D eigenvalue weighted by Gasteiger charge is -2.20. The second-order valence-electron chi connectivity index (χ2n) is 7.32. The van der Waals surface area contributed by atoms with Crippen LogP contribution in [-0.4, -0.2) is 19.8 Å². The van der Waals surface area contributed by atoms with Gasteiger partial charge in [-0.15, -0.1) is 0 Å². The first kappa shape index (κ1) is 22.3. The van der Waals surface area contributed by atoms with Crippen LogP contribution in [0.4, 0.5) is 5.69 Å². The highest BCUT2D eigenvalue weighted by Crippen LogP contribution is 2.37. The minimum absolute atomic E-state index is 0.00287. The van der Waals surface area contributed by atoms with Crippen LogP contribution < -0.4 is 5.01 Å². The Labute approximate surface area is 199 Å². The van der Waals surface area contributed by atoms with Crippen LogP contribution in [0.2, 0.25) is 0 Å². The lowest BCUT2D eigenvalue weighted by molar-refractivity contribution is -0.387. The summed E-state index contributed by atoms with van der Waals surface area (Å²) in [6, 6.07) is 16.7. The summed E-state index contributed by atoms with van der Waals surface area (Å²) in [6.45, 7) is 5.80. The Morgan fingerprint density at radius 2 is 1.69 bits per heavy atom. The van der Waals surface area contributed by atoms with Crippen molar-refractivity contribution in [3.05, 3.63) is 92.1 Å². The van der Waals surface area contributed by atoms with Gasteiger partial charge in [0.25, 0.3) is 11.6 Å². The summed E-state index contributed by atoms with van der Waals surface area (Å²) in [5.74, 6) is -0.247. The number of nitrogens with zero attached hydrogens (tertiary/aromatic N) is 3. The zero-order valence-corrected chi connectivity index (χ0v) is 20.0. The number of hydrogen-bond acceptors (Lipinski definition) is 6. The van der Waals surface area contributed by atoms with Gasteiger partial charge >= 0.3 is 0 Å². The molecule has 2 heterocycles. The molecule has 4 rings (SSSR count). The molecule has 0 aliphatic carbocycles. The predicted molar refractivity (Wildman–Crippen MR) is 134 cm³/mol. The van der Waals surface area contributed by atoms with Crippen LogP contribution in [0.3, 0.4) is 0 Å². The summed E-state index contributed by atoms with van der Waals surface area (Å²) < 4.78 is 2.20. The number of nitro benzene ring substituents is 1. The third-order valence-electron chi connectivity index (χ3n) is 4.93. The zero-order chi connectivity index (χ0) is 23.0. The molecule has 0 atom stereocenters. The van der Waals surface area contributed by atoms with E-state index in [1.54, 1.807) is 22.9 Å². The zero-order valence-electron chi connectivity index (χ0n) is 17.6. The number of aryl methyl sites for hydroxylation is 3. The molecule has 0 saturated carbocycles. The molecule has 1 aliphatic rings. The molecule has 0 radical (unpaired) electrons. The number of carbonyl (C=O) groups is 1. The van der Waals surface area contributed by atoms with Crippen LogP contribution >= 0.6 is 35.7 Å². The van der Waals surface area contributed by atoms with Gasteiger partial charge in [-0.25, -0.2) is 0 Å². The van der Waals surface area contributed by atoms with E-state index in [0.29, 0.717) is 19.7 Å². The van der Waals surface area contributed by atoms with E-state index in [1.165, 1.54) is 34.6 Å². The van der Waals surface area contributed by atoms with Crippen molar-refractivity contribution in [3.63, 3.8) is 0 Å². The Morgan fingerprint density at radius 1 is 1.03 bits per heavy atom. The van der Waals surface area contributed by atoms with E-state index in [4.69, 9.17) is 12.2 Å². The summed E-state index contributed by atoms with van der Waals surface area (Å²) in [4.78, 5) is 26.3. The van der Waals surface area contributed by atoms with Gasteiger partial charge in [-0.1, -0.05) is 47.3 Å². The molecule has 32 heavy (non-hydrogen) atoms. The molecule has 1 aromatic heterocycles. The third-order valence-corrected chi connectivity index (χ3v) is 7.29. The number of aromatic nitrogens is 1. The van der Waals surface area contributed by atoms with Crippen molar-refractivity contribution in [2.45, 2.75) is 30.6 Å². The highest BCUT2D eigenvalue weighted by atomic mass is 32.2. The van der Waals surface area contributed by atoms with Gasteiger partial charge in [0.1, 0.15) is 0 Å². The molecule has 2 aromatic carbocycles. The van der Waals surface area contributed by atoms with Crippen LogP contribution in [-0.2, 0) is 4.79 Å². The number of thioether (sulfide) groups is 1. The van der Waals surface area contributed by atoms with Gasteiger partial charge in [-0.05, 0) is 75.0 Å². The smallest absolute Gasteiger partial charge is 0.266 e. The quantitative estimate of drug-likeness (QED) is 0.192. The lowest BCUT2D eigenvalue weighted by Crippen LogP contribution is -2.39. The minimum Gasteiger partial charge on any atom is -0.266 e. The second kappa shape index (κ2) is 8.93. The molecular formula is C23H19N3O3S3. The highest BCUT2D eigenvalue weighted by Gasteiger charge is 2.34.